The minimum absolute atomic E-state index is 0.0000406. The van der Waals surface area contributed by atoms with Gasteiger partial charge < -0.3 is 14.9 Å². The molecule has 0 heterocycles. The van der Waals surface area contributed by atoms with Gasteiger partial charge in [0.1, 0.15) is 5.75 Å². The van der Waals surface area contributed by atoms with Crippen LogP contribution in [0.15, 0.2) is 54.6 Å². The molecule has 2 aromatic carbocycles. The quantitative estimate of drug-likeness (QED) is 0.809. The highest BCUT2D eigenvalue weighted by Crippen LogP contribution is 2.22. The summed E-state index contributed by atoms with van der Waals surface area (Å²) in [5, 5.41) is 13.9. The number of carbonyl (C=O) groups is 2. The van der Waals surface area contributed by atoms with Crippen LogP contribution in [0.2, 0.25) is 0 Å². The topological polar surface area (TPSA) is 83.8 Å². The summed E-state index contributed by atoms with van der Waals surface area (Å²) in [6, 6.07) is 16.7. The van der Waals surface area contributed by atoms with Crippen molar-refractivity contribution in [2.24, 2.45) is 5.92 Å². The van der Waals surface area contributed by atoms with Gasteiger partial charge >= 0.3 is 6.16 Å². The number of hydrogen-bond acceptors (Lipinski definition) is 3. The molecule has 0 bridgehead atoms. The molecule has 0 spiro atoms. The van der Waals surface area contributed by atoms with Crippen LogP contribution in [0.3, 0.4) is 0 Å². The van der Waals surface area contributed by atoms with Gasteiger partial charge in [-0.25, -0.2) is 4.79 Å². The van der Waals surface area contributed by atoms with Crippen molar-refractivity contribution in [2.45, 2.75) is 13.8 Å². The van der Waals surface area contributed by atoms with E-state index < -0.39 is 6.16 Å². The largest absolute Gasteiger partial charge is 0.503 e. The average molecular weight is 316 g/mol. The molecule has 0 aliphatic heterocycles. The number of carboxylic acid groups (broad SMARTS) is 2. The molecule has 0 atom stereocenters. The fraction of sp³-hybridized carbons (Fsp3) is 0.222. The maximum Gasteiger partial charge on any atom is 0.503 e. The highest BCUT2D eigenvalue weighted by atomic mass is 16.6. The van der Waals surface area contributed by atoms with Gasteiger partial charge in [0.05, 0.1) is 12.2 Å². The predicted octanol–water partition coefficient (Wildman–Crippen LogP) is 4.17. The number of ether oxygens (including phenoxy) is 1. The van der Waals surface area contributed by atoms with Gasteiger partial charge in [-0.3, -0.25) is 4.79 Å². The van der Waals surface area contributed by atoms with Gasteiger partial charge in [-0.15, -0.1) is 0 Å². The van der Waals surface area contributed by atoms with E-state index in [-0.39, 0.29) is 5.78 Å². The third-order valence-corrected chi connectivity index (χ3v) is 2.74. The minimum atomic E-state index is -1.83. The first-order valence-electron chi connectivity index (χ1n) is 7.15. The van der Waals surface area contributed by atoms with E-state index in [0.717, 1.165) is 0 Å². The molecule has 23 heavy (non-hydrogen) atoms. The van der Waals surface area contributed by atoms with Crippen LogP contribution in [-0.2, 0) is 0 Å². The Morgan fingerprint density at radius 2 is 1.48 bits per heavy atom. The molecule has 5 nitrogen and oxygen atoms in total. The van der Waals surface area contributed by atoms with E-state index in [1.54, 1.807) is 0 Å². The van der Waals surface area contributed by atoms with Crippen molar-refractivity contribution in [1.29, 1.82) is 0 Å². The summed E-state index contributed by atoms with van der Waals surface area (Å²) >= 11 is 0. The van der Waals surface area contributed by atoms with Crippen LogP contribution in [0.4, 0.5) is 4.79 Å². The number of para-hydroxylation sites is 1. The van der Waals surface area contributed by atoms with Crippen LogP contribution < -0.4 is 4.74 Å². The lowest BCUT2D eigenvalue weighted by molar-refractivity contribution is 0.103. The first-order chi connectivity index (χ1) is 10.9. The number of hydrogen-bond donors (Lipinski definition) is 2. The Labute approximate surface area is 135 Å². The van der Waals surface area contributed by atoms with Gasteiger partial charge in [-0.1, -0.05) is 56.3 Å². The van der Waals surface area contributed by atoms with E-state index in [2.05, 4.69) is 13.8 Å². The molecule has 0 fully saturated rings. The molecule has 0 aliphatic rings. The lowest BCUT2D eigenvalue weighted by atomic mass is 10.0. The zero-order valence-corrected chi connectivity index (χ0v) is 13.1. The molecule has 0 aromatic heterocycles. The second-order valence-corrected chi connectivity index (χ2v) is 5.18. The van der Waals surface area contributed by atoms with Crippen molar-refractivity contribution in [3.63, 3.8) is 0 Å². The zero-order chi connectivity index (χ0) is 17.2. The standard InChI is InChI=1S/C17H18O2.CH2O3/c1-13(2)12-19-16-11-7-6-10-15(16)17(18)14-8-4-3-5-9-14;2-1(3)4/h3-11,13H,12H2,1-2H3;(H2,2,3,4). The molecule has 0 unspecified atom stereocenters. The van der Waals surface area contributed by atoms with Crippen LogP contribution in [0.5, 0.6) is 5.75 Å². The summed E-state index contributed by atoms with van der Waals surface area (Å²) in [5.41, 5.74) is 1.30. The molecule has 0 radical (unpaired) electrons. The van der Waals surface area contributed by atoms with Crippen LogP contribution in [0, 0.1) is 5.92 Å². The molecule has 0 saturated carbocycles. The van der Waals surface area contributed by atoms with Crippen molar-refractivity contribution >= 4 is 11.9 Å². The number of rotatable bonds is 5. The smallest absolute Gasteiger partial charge is 0.493 e. The molecular weight excluding hydrogens is 296 g/mol. The molecule has 0 amide bonds. The summed E-state index contributed by atoms with van der Waals surface area (Å²) in [6.07, 6.45) is -1.83. The Hall–Kier alpha value is -2.82. The Bertz CT molecular complexity index is 631. The maximum absolute atomic E-state index is 12.4. The van der Waals surface area contributed by atoms with Crippen molar-refractivity contribution in [3.05, 3.63) is 65.7 Å². The first kappa shape index (κ1) is 18.2. The van der Waals surface area contributed by atoms with E-state index in [0.29, 0.717) is 29.4 Å². The zero-order valence-electron chi connectivity index (χ0n) is 13.1. The van der Waals surface area contributed by atoms with Crippen molar-refractivity contribution in [1.82, 2.24) is 0 Å². The SMILES string of the molecule is CC(C)COc1ccccc1C(=O)c1ccccc1.O=C(O)O. The van der Waals surface area contributed by atoms with Crippen molar-refractivity contribution in [3.8, 4) is 5.75 Å². The Balaban J connectivity index is 0.000000593. The number of carbonyl (C=O) groups excluding carboxylic acids is 1. The number of benzene rings is 2. The predicted molar refractivity (Wildman–Crippen MR) is 87.3 cm³/mol. The Kier molecular flexibility index (Phi) is 7.33. The number of ketones is 1. The second kappa shape index (κ2) is 9.25. The summed E-state index contributed by atoms with van der Waals surface area (Å²) in [5.74, 6) is 1.09. The molecule has 2 N–H and O–H groups in total. The molecule has 0 aliphatic carbocycles. The third kappa shape index (κ3) is 6.65. The minimum Gasteiger partial charge on any atom is -0.493 e. The summed E-state index contributed by atoms with van der Waals surface area (Å²) < 4.78 is 5.72. The second-order valence-electron chi connectivity index (χ2n) is 5.18. The fourth-order valence-corrected chi connectivity index (χ4v) is 1.78. The van der Waals surface area contributed by atoms with Crippen LogP contribution in [0.25, 0.3) is 0 Å². The summed E-state index contributed by atoms with van der Waals surface area (Å²) in [6.45, 7) is 4.78. The molecule has 2 aromatic rings. The lowest BCUT2D eigenvalue weighted by Gasteiger charge is -2.12. The van der Waals surface area contributed by atoms with Gasteiger partial charge in [0.2, 0.25) is 0 Å². The summed E-state index contributed by atoms with van der Waals surface area (Å²) in [4.78, 5) is 21.0. The Morgan fingerprint density at radius 1 is 0.957 bits per heavy atom. The van der Waals surface area contributed by atoms with E-state index in [9.17, 15) is 4.79 Å². The van der Waals surface area contributed by atoms with Crippen LogP contribution in [-0.4, -0.2) is 28.8 Å². The fourth-order valence-electron chi connectivity index (χ4n) is 1.78. The molecule has 2 rings (SSSR count). The highest BCUT2D eigenvalue weighted by molar-refractivity contribution is 6.10. The molecule has 122 valence electrons. The lowest BCUT2D eigenvalue weighted by Crippen LogP contribution is -2.09. The van der Waals surface area contributed by atoms with E-state index in [1.165, 1.54) is 0 Å². The maximum atomic E-state index is 12.4. The van der Waals surface area contributed by atoms with Crippen molar-refractivity contribution in [2.75, 3.05) is 6.61 Å². The first-order valence-corrected chi connectivity index (χ1v) is 7.15. The van der Waals surface area contributed by atoms with Gasteiger partial charge in [-0.05, 0) is 18.1 Å². The average Bonchev–Trinajstić information content (AvgIpc) is 2.53. The van der Waals surface area contributed by atoms with Gasteiger partial charge in [0, 0.05) is 5.56 Å². The van der Waals surface area contributed by atoms with E-state index >= 15 is 0 Å². The van der Waals surface area contributed by atoms with E-state index in [4.69, 9.17) is 19.7 Å². The molecular formula is C18H20O5. The summed E-state index contributed by atoms with van der Waals surface area (Å²) in [7, 11) is 0. The molecule has 5 heteroatoms. The third-order valence-electron chi connectivity index (χ3n) is 2.74. The molecule has 0 saturated heterocycles. The van der Waals surface area contributed by atoms with Crippen molar-refractivity contribution < 1.29 is 24.5 Å². The Morgan fingerprint density at radius 3 is 2.04 bits per heavy atom. The van der Waals surface area contributed by atoms with Gasteiger partial charge in [-0.2, -0.15) is 0 Å². The van der Waals surface area contributed by atoms with E-state index in [1.807, 2.05) is 54.6 Å². The monoisotopic (exact) mass is 316 g/mol. The highest BCUT2D eigenvalue weighted by Gasteiger charge is 2.14. The van der Waals surface area contributed by atoms with Gasteiger partial charge in [0.15, 0.2) is 5.78 Å². The van der Waals surface area contributed by atoms with Gasteiger partial charge in [0.25, 0.3) is 0 Å². The van der Waals surface area contributed by atoms with Crippen LogP contribution in [0.1, 0.15) is 29.8 Å². The normalized spacial score (nSPS) is 9.70. The van der Waals surface area contributed by atoms with Crippen LogP contribution >= 0.6 is 0 Å².